The quantitative estimate of drug-likeness (QED) is 0.279. The van der Waals surface area contributed by atoms with Gasteiger partial charge < -0.3 is 18.9 Å². The van der Waals surface area contributed by atoms with E-state index in [4.69, 9.17) is 18.9 Å². The number of esters is 1. The van der Waals surface area contributed by atoms with Gasteiger partial charge in [0, 0.05) is 12.5 Å². The molecule has 0 rings (SSSR count). The topological polar surface area (TPSA) is 54.0 Å². The van der Waals surface area contributed by atoms with E-state index >= 15 is 0 Å². The van der Waals surface area contributed by atoms with Crippen LogP contribution in [0.15, 0.2) is 25.0 Å². The van der Waals surface area contributed by atoms with E-state index in [1.807, 2.05) is 13.8 Å². The minimum absolute atomic E-state index is 0.0850. The summed E-state index contributed by atoms with van der Waals surface area (Å²) in [7, 11) is 0. The van der Waals surface area contributed by atoms with Gasteiger partial charge in [-0.2, -0.15) is 0 Å². The van der Waals surface area contributed by atoms with Crippen LogP contribution < -0.4 is 0 Å². The predicted molar refractivity (Wildman–Crippen MR) is 72.2 cm³/mol. The van der Waals surface area contributed by atoms with Gasteiger partial charge in [0.1, 0.15) is 6.10 Å². The number of carbonyl (C=O) groups is 1. The van der Waals surface area contributed by atoms with Gasteiger partial charge in [0.15, 0.2) is 0 Å². The molecule has 5 heteroatoms. The summed E-state index contributed by atoms with van der Waals surface area (Å²) in [5.41, 5.74) is 0.343. The molecule has 0 aliphatic rings. The van der Waals surface area contributed by atoms with Crippen molar-refractivity contribution in [3.05, 3.63) is 25.0 Å². The Morgan fingerprint density at radius 2 is 1.95 bits per heavy atom. The molecule has 0 aromatic heterocycles. The van der Waals surface area contributed by atoms with Crippen molar-refractivity contribution in [1.82, 2.24) is 0 Å². The molecule has 0 heterocycles. The highest BCUT2D eigenvalue weighted by Gasteiger charge is 2.29. The molecule has 0 saturated carbocycles. The van der Waals surface area contributed by atoms with E-state index in [9.17, 15) is 4.79 Å². The first kappa shape index (κ1) is 17.7. The number of hydrogen-bond acceptors (Lipinski definition) is 5. The van der Waals surface area contributed by atoms with Gasteiger partial charge in [-0.15, -0.1) is 0 Å². The molecule has 0 aliphatic carbocycles. The smallest absolute Gasteiger partial charge is 0.333 e. The molecule has 0 bridgehead atoms. The molecule has 0 radical (unpaired) electrons. The fraction of sp³-hybridized carbons (Fsp3) is 0.643. The monoisotopic (exact) mass is 272 g/mol. The molecular formula is C14H24O5. The van der Waals surface area contributed by atoms with Crippen LogP contribution in [0.2, 0.25) is 0 Å². The zero-order chi connectivity index (χ0) is 15.1. The van der Waals surface area contributed by atoms with Crippen LogP contribution in [0.3, 0.4) is 0 Å². The summed E-state index contributed by atoms with van der Waals surface area (Å²) < 4.78 is 21.3. The van der Waals surface area contributed by atoms with E-state index in [0.717, 1.165) is 0 Å². The van der Waals surface area contributed by atoms with Crippen molar-refractivity contribution >= 4 is 5.97 Å². The van der Waals surface area contributed by atoms with E-state index in [0.29, 0.717) is 5.57 Å². The molecule has 0 saturated heterocycles. The Morgan fingerprint density at radius 1 is 1.37 bits per heavy atom. The molecule has 5 nitrogen and oxygen atoms in total. The Labute approximate surface area is 115 Å². The normalized spacial score (nSPS) is 15.5. The zero-order valence-electron chi connectivity index (χ0n) is 12.4. The summed E-state index contributed by atoms with van der Waals surface area (Å²) in [5.74, 6) is -1.70. The number of hydrogen-bond donors (Lipinski definition) is 0. The van der Waals surface area contributed by atoms with Crippen molar-refractivity contribution in [3.63, 3.8) is 0 Å². The summed E-state index contributed by atoms with van der Waals surface area (Å²) >= 11 is 0. The maximum absolute atomic E-state index is 11.3. The summed E-state index contributed by atoms with van der Waals surface area (Å²) in [6, 6.07) is 0. The van der Waals surface area contributed by atoms with Gasteiger partial charge in [-0.1, -0.05) is 13.2 Å². The second-order valence-corrected chi connectivity index (χ2v) is 4.62. The van der Waals surface area contributed by atoms with Gasteiger partial charge >= 0.3 is 11.9 Å². The molecule has 0 spiro atoms. The number of rotatable bonds is 9. The first-order chi connectivity index (χ1) is 8.70. The van der Waals surface area contributed by atoms with Crippen LogP contribution in [0.4, 0.5) is 0 Å². The molecule has 2 unspecified atom stereocenters. The molecule has 0 fully saturated rings. The summed E-state index contributed by atoms with van der Waals surface area (Å²) in [6.07, 6.45) is 0.721. The van der Waals surface area contributed by atoms with Crippen LogP contribution in [0.5, 0.6) is 0 Å². The third-order valence-corrected chi connectivity index (χ3v) is 1.98. The van der Waals surface area contributed by atoms with Crippen LogP contribution in [-0.2, 0) is 23.7 Å². The lowest BCUT2D eigenvalue weighted by Gasteiger charge is -2.31. The van der Waals surface area contributed by atoms with E-state index in [2.05, 4.69) is 13.2 Å². The highest BCUT2D eigenvalue weighted by atomic mass is 16.9. The third-order valence-electron chi connectivity index (χ3n) is 1.98. The maximum atomic E-state index is 11.3. The standard InChI is InChI=1S/C14H24O5/c1-8-16-14(7,19-11(4)5)17-9-12(6)18-13(15)10(2)3/h8,11-12H,1-2,9H2,3-7H3. The van der Waals surface area contributed by atoms with Crippen molar-refractivity contribution in [3.8, 4) is 0 Å². The van der Waals surface area contributed by atoms with Crippen LogP contribution in [0.25, 0.3) is 0 Å². The van der Waals surface area contributed by atoms with Gasteiger partial charge in [-0.25, -0.2) is 4.79 Å². The minimum Gasteiger partial charge on any atom is -0.457 e. The number of ether oxygens (including phenoxy) is 4. The lowest BCUT2D eigenvalue weighted by Crippen LogP contribution is -2.39. The van der Waals surface area contributed by atoms with Gasteiger partial charge in [0.25, 0.3) is 0 Å². The first-order valence-electron chi connectivity index (χ1n) is 6.17. The van der Waals surface area contributed by atoms with Crippen LogP contribution >= 0.6 is 0 Å². The fourth-order valence-electron chi connectivity index (χ4n) is 1.26. The Morgan fingerprint density at radius 3 is 2.37 bits per heavy atom. The second kappa shape index (κ2) is 7.96. The number of carbonyl (C=O) groups excluding carboxylic acids is 1. The predicted octanol–water partition coefficient (Wildman–Crippen LogP) is 2.77. The lowest BCUT2D eigenvalue weighted by molar-refractivity contribution is -0.365. The largest absolute Gasteiger partial charge is 0.457 e. The molecule has 0 aliphatic heterocycles. The van der Waals surface area contributed by atoms with Crippen LogP contribution in [0.1, 0.15) is 34.6 Å². The van der Waals surface area contributed by atoms with E-state index < -0.39 is 18.0 Å². The van der Waals surface area contributed by atoms with Crippen LogP contribution in [0, 0.1) is 0 Å². The molecule has 0 aromatic carbocycles. The van der Waals surface area contributed by atoms with Crippen LogP contribution in [-0.4, -0.2) is 30.8 Å². The van der Waals surface area contributed by atoms with E-state index in [1.165, 1.54) is 6.26 Å². The van der Waals surface area contributed by atoms with Crippen molar-refractivity contribution in [1.29, 1.82) is 0 Å². The van der Waals surface area contributed by atoms with Gasteiger partial charge in [-0.05, 0) is 27.7 Å². The van der Waals surface area contributed by atoms with Crippen molar-refractivity contribution in [2.24, 2.45) is 0 Å². The summed E-state index contributed by atoms with van der Waals surface area (Å²) in [5, 5.41) is 0. The lowest BCUT2D eigenvalue weighted by atomic mass is 10.3. The summed E-state index contributed by atoms with van der Waals surface area (Å²) in [6.45, 7) is 15.8. The van der Waals surface area contributed by atoms with Gasteiger partial charge in [0.05, 0.1) is 19.0 Å². The Hall–Kier alpha value is -1.33. The van der Waals surface area contributed by atoms with Crippen molar-refractivity contribution in [2.45, 2.75) is 52.8 Å². The third kappa shape index (κ3) is 7.64. The van der Waals surface area contributed by atoms with Crippen molar-refractivity contribution < 1.29 is 23.7 Å². The Kier molecular flexibility index (Phi) is 7.41. The molecule has 0 amide bonds. The highest BCUT2D eigenvalue weighted by molar-refractivity contribution is 5.87. The minimum atomic E-state index is -1.25. The van der Waals surface area contributed by atoms with E-state index in [1.54, 1.807) is 20.8 Å². The zero-order valence-corrected chi connectivity index (χ0v) is 12.4. The second-order valence-electron chi connectivity index (χ2n) is 4.62. The summed E-state index contributed by atoms with van der Waals surface area (Å²) in [4.78, 5) is 11.3. The van der Waals surface area contributed by atoms with Gasteiger partial charge in [0.2, 0.25) is 0 Å². The van der Waals surface area contributed by atoms with Crippen molar-refractivity contribution in [2.75, 3.05) is 6.61 Å². The van der Waals surface area contributed by atoms with E-state index in [-0.39, 0.29) is 12.7 Å². The molecule has 19 heavy (non-hydrogen) atoms. The molecule has 110 valence electrons. The SMILES string of the molecule is C=COC(C)(OCC(C)OC(=O)C(=C)C)OC(C)C. The highest BCUT2D eigenvalue weighted by Crippen LogP contribution is 2.18. The average molecular weight is 272 g/mol. The fourth-order valence-corrected chi connectivity index (χ4v) is 1.26. The molecular weight excluding hydrogens is 248 g/mol. The molecule has 2 atom stereocenters. The van der Waals surface area contributed by atoms with Gasteiger partial charge in [-0.3, -0.25) is 0 Å². The Balaban J connectivity index is 4.35. The first-order valence-corrected chi connectivity index (χ1v) is 6.17. The molecule has 0 aromatic rings. The Bertz CT molecular complexity index is 324. The molecule has 0 N–H and O–H groups in total. The average Bonchev–Trinajstić information content (AvgIpc) is 2.25. The maximum Gasteiger partial charge on any atom is 0.333 e.